The number of pyridine rings is 1. The van der Waals surface area contributed by atoms with E-state index in [1.165, 1.54) is 0 Å². The fourth-order valence-corrected chi connectivity index (χ4v) is 2.20. The largest absolute Gasteiger partial charge is 0.484 e. The van der Waals surface area contributed by atoms with Crippen LogP contribution in [0.4, 0.5) is 0 Å². The van der Waals surface area contributed by atoms with Crippen molar-refractivity contribution < 1.29 is 9.15 Å². The molecule has 0 aliphatic carbocycles. The summed E-state index contributed by atoms with van der Waals surface area (Å²) < 4.78 is 12.3. The number of hydrogen-bond donors (Lipinski definition) is 0. The minimum absolute atomic E-state index is 0.396. The lowest BCUT2D eigenvalue weighted by Crippen LogP contribution is -1.93. The Morgan fingerprint density at radius 2 is 2.17 bits per heavy atom. The maximum Gasteiger partial charge on any atom is 0.148 e. The van der Waals surface area contributed by atoms with Crippen LogP contribution in [0, 0.1) is 0 Å². The average molecular weight is 304 g/mol. The van der Waals surface area contributed by atoms with Crippen molar-refractivity contribution in [2.24, 2.45) is 0 Å². The molecule has 2 aromatic heterocycles. The van der Waals surface area contributed by atoms with E-state index >= 15 is 0 Å². The molecule has 0 amide bonds. The standard InChI is InChI=1S/C14H10BrNO2/c15-13-5-1-3-10-7-12(18-14(10)13)9-17-11-4-2-6-16-8-11/h1-8H,9H2. The van der Waals surface area contributed by atoms with Crippen LogP contribution in [0.1, 0.15) is 5.76 Å². The molecule has 1 aromatic carbocycles. The quantitative estimate of drug-likeness (QED) is 0.728. The molecular weight excluding hydrogens is 294 g/mol. The van der Waals surface area contributed by atoms with Gasteiger partial charge in [-0.3, -0.25) is 4.98 Å². The number of ether oxygens (including phenoxy) is 1. The molecule has 0 aliphatic rings. The minimum Gasteiger partial charge on any atom is -0.484 e. The molecular formula is C14H10BrNO2. The molecule has 18 heavy (non-hydrogen) atoms. The Balaban J connectivity index is 1.81. The zero-order valence-electron chi connectivity index (χ0n) is 9.47. The number of furan rings is 1. The van der Waals surface area contributed by atoms with Gasteiger partial charge in [0.2, 0.25) is 0 Å². The summed E-state index contributed by atoms with van der Waals surface area (Å²) in [6.07, 6.45) is 3.39. The number of fused-ring (bicyclic) bond motifs is 1. The number of aromatic nitrogens is 1. The van der Waals surface area contributed by atoms with Crippen LogP contribution >= 0.6 is 15.9 Å². The highest BCUT2D eigenvalue weighted by atomic mass is 79.9. The predicted molar refractivity (Wildman–Crippen MR) is 72.5 cm³/mol. The topological polar surface area (TPSA) is 35.3 Å². The smallest absolute Gasteiger partial charge is 0.148 e. The Kier molecular flexibility index (Phi) is 3.02. The maximum atomic E-state index is 5.73. The van der Waals surface area contributed by atoms with Crippen LogP contribution in [0.15, 0.2) is 57.7 Å². The van der Waals surface area contributed by atoms with Gasteiger partial charge < -0.3 is 9.15 Å². The Morgan fingerprint density at radius 1 is 1.22 bits per heavy atom. The fraction of sp³-hybridized carbons (Fsp3) is 0.0714. The monoisotopic (exact) mass is 303 g/mol. The summed E-state index contributed by atoms with van der Waals surface area (Å²) in [5, 5.41) is 1.06. The second kappa shape index (κ2) is 4.82. The Labute approximate surface area is 113 Å². The van der Waals surface area contributed by atoms with Crippen molar-refractivity contribution in [2.75, 3.05) is 0 Å². The molecule has 90 valence electrons. The number of hydrogen-bond acceptors (Lipinski definition) is 3. The molecule has 3 rings (SSSR count). The van der Waals surface area contributed by atoms with Crippen LogP contribution in [0.3, 0.4) is 0 Å². The highest BCUT2D eigenvalue weighted by Gasteiger charge is 2.07. The predicted octanol–water partition coefficient (Wildman–Crippen LogP) is 4.17. The summed E-state index contributed by atoms with van der Waals surface area (Å²) in [5.74, 6) is 1.53. The second-order valence-electron chi connectivity index (χ2n) is 3.85. The van der Waals surface area contributed by atoms with Gasteiger partial charge >= 0.3 is 0 Å². The van der Waals surface area contributed by atoms with Crippen LogP contribution in [-0.4, -0.2) is 4.98 Å². The molecule has 0 aliphatic heterocycles. The van der Waals surface area contributed by atoms with Crippen LogP contribution in [0.2, 0.25) is 0 Å². The van der Waals surface area contributed by atoms with E-state index in [0.29, 0.717) is 6.61 Å². The third-order valence-corrected chi connectivity index (χ3v) is 3.19. The number of nitrogens with zero attached hydrogens (tertiary/aromatic N) is 1. The van der Waals surface area contributed by atoms with Crippen molar-refractivity contribution in [3.8, 4) is 5.75 Å². The molecule has 0 atom stereocenters. The zero-order chi connectivity index (χ0) is 12.4. The highest BCUT2D eigenvalue weighted by molar-refractivity contribution is 9.10. The number of para-hydroxylation sites is 1. The number of halogens is 1. The van der Waals surface area contributed by atoms with Gasteiger partial charge in [0.1, 0.15) is 23.7 Å². The van der Waals surface area contributed by atoms with E-state index in [2.05, 4.69) is 20.9 Å². The molecule has 2 heterocycles. The number of rotatable bonds is 3. The molecule has 0 saturated carbocycles. The summed E-state index contributed by atoms with van der Waals surface area (Å²) in [7, 11) is 0. The maximum absolute atomic E-state index is 5.73. The van der Waals surface area contributed by atoms with Gasteiger partial charge in [0.05, 0.1) is 10.7 Å². The zero-order valence-corrected chi connectivity index (χ0v) is 11.1. The Bertz CT molecular complexity index is 664. The minimum atomic E-state index is 0.396. The summed E-state index contributed by atoms with van der Waals surface area (Å²) in [5.41, 5.74) is 0.849. The summed E-state index contributed by atoms with van der Waals surface area (Å²) >= 11 is 3.46. The van der Waals surface area contributed by atoms with E-state index < -0.39 is 0 Å². The second-order valence-corrected chi connectivity index (χ2v) is 4.70. The first-order valence-corrected chi connectivity index (χ1v) is 6.32. The van der Waals surface area contributed by atoms with Crippen molar-refractivity contribution in [1.82, 2.24) is 4.98 Å². The molecule has 0 unspecified atom stereocenters. The highest BCUT2D eigenvalue weighted by Crippen LogP contribution is 2.27. The number of benzene rings is 1. The normalized spacial score (nSPS) is 10.7. The van der Waals surface area contributed by atoms with E-state index in [-0.39, 0.29) is 0 Å². The third kappa shape index (κ3) is 2.24. The van der Waals surface area contributed by atoms with Crippen molar-refractivity contribution in [1.29, 1.82) is 0 Å². The van der Waals surface area contributed by atoms with Crippen molar-refractivity contribution in [3.05, 3.63) is 59.0 Å². The molecule has 3 aromatic rings. The first kappa shape index (κ1) is 11.3. The van der Waals surface area contributed by atoms with Gasteiger partial charge in [-0.2, -0.15) is 0 Å². The lowest BCUT2D eigenvalue weighted by atomic mass is 10.2. The van der Waals surface area contributed by atoms with Gasteiger partial charge in [-0.1, -0.05) is 12.1 Å². The Hall–Kier alpha value is -1.81. The van der Waals surface area contributed by atoms with Gasteiger partial charge in [-0.05, 0) is 40.2 Å². The van der Waals surface area contributed by atoms with Crippen molar-refractivity contribution in [3.63, 3.8) is 0 Å². The molecule has 0 bridgehead atoms. The molecule has 0 fully saturated rings. The van der Waals surface area contributed by atoms with Crippen LogP contribution in [0.5, 0.6) is 5.75 Å². The molecule has 0 radical (unpaired) electrons. The van der Waals surface area contributed by atoms with Gasteiger partial charge in [0.25, 0.3) is 0 Å². The van der Waals surface area contributed by atoms with E-state index in [9.17, 15) is 0 Å². The molecule has 0 spiro atoms. The average Bonchev–Trinajstić information content (AvgIpc) is 2.82. The van der Waals surface area contributed by atoms with E-state index in [1.807, 2.05) is 36.4 Å². The van der Waals surface area contributed by atoms with Crippen molar-refractivity contribution in [2.45, 2.75) is 6.61 Å². The van der Waals surface area contributed by atoms with Crippen LogP contribution in [0.25, 0.3) is 11.0 Å². The molecule has 3 nitrogen and oxygen atoms in total. The lowest BCUT2D eigenvalue weighted by molar-refractivity contribution is 0.273. The van der Waals surface area contributed by atoms with Gasteiger partial charge in [-0.25, -0.2) is 0 Å². The molecule has 4 heteroatoms. The summed E-state index contributed by atoms with van der Waals surface area (Å²) in [4.78, 5) is 3.99. The molecule has 0 saturated heterocycles. The van der Waals surface area contributed by atoms with Crippen molar-refractivity contribution >= 4 is 26.9 Å². The lowest BCUT2D eigenvalue weighted by Gasteiger charge is -2.01. The summed E-state index contributed by atoms with van der Waals surface area (Å²) in [6.45, 7) is 0.396. The SMILES string of the molecule is Brc1cccc2cc(COc3cccnc3)oc12. The van der Waals surface area contributed by atoms with Gasteiger partial charge in [-0.15, -0.1) is 0 Å². The first-order valence-electron chi connectivity index (χ1n) is 5.53. The van der Waals surface area contributed by atoms with Gasteiger partial charge in [0, 0.05) is 11.6 Å². The Morgan fingerprint density at radius 3 is 2.94 bits per heavy atom. The van der Waals surface area contributed by atoms with E-state index in [0.717, 1.165) is 27.0 Å². The van der Waals surface area contributed by atoms with Gasteiger partial charge in [0.15, 0.2) is 0 Å². The third-order valence-electron chi connectivity index (χ3n) is 2.56. The van der Waals surface area contributed by atoms with E-state index in [1.54, 1.807) is 12.4 Å². The van der Waals surface area contributed by atoms with Crippen LogP contribution in [-0.2, 0) is 6.61 Å². The summed E-state index contributed by atoms with van der Waals surface area (Å²) in [6, 6.07) is 11.6. The van der Waals surface area contributed by atoms with E-state index in [4.69, 9.17) is 9.15 Å². The molecule has 0 N–H and O–H groups in total. The van der Waals surface area contributed by atoms with Crippen LogP contribution < -0.4 is 4.74 Å². The first-order chi connectivity index (χ1) is 8.83. The fourth-order valence-electron chi connectivity index (χ4n) is 1.74.